The van der Waals surface area contributed by atoms with Crippen molar-refractivity contribution in [2.75, 3.05) is 13.2 Å². The fraction of sp³-hybridized carbons (Fsp3) is 0.556. The second-order valence-electron chi connectivity index (χ2n) is 5.45. The van der Waals surface area contributed by atoms with E-state index in [1.54, 1.807) is 0 Å². The molecule has 122 valence electrons. The molecule has 0 radical (unpaired) electrons. The van der Waals surface area contributed by atoms with Crippen molar-refractivity contribution in [2.45, 2.75) is 51.6 Å². The molecule has 0 aliphatic carbocycles. The quantitative estimate of drug-likeness (QED) is 0.510. The number of unbranched alkanes of at least 4 members (excludes halogenated alkanes) is 1. The maximum atomic E-state index is 5.87. The molecule has 0 unspecified atom stereocenters. The molecule has 1 aromatic carbocycles. The minimum Gasteiger partial charge on any atom is -0.466 e. The second kappa shape index (κ2) is 9.49. The fourth-order valence-electron chi connectivity index (χ4n) is 2.23. The highest BCUT2D eigenvalue weighted by Crippen LogP contribution is 2.20. The summed E-state index contributed by atoms with van der Waals surface area (Å²) in [6, 6.07) is 10.2. The van der Waals surface area contributed by atoms with Crippen LogP contribution in [0.2, 0.25) is 0 Å². The van der Waals surface area contributed by atoms with E-state index in [9.17, 15) is 0 Å². The van der Waals surface area contributed by atoms with Crippen molar-refractivity contribution in [2.24, 2.45) is 0 Å². The lowest BCUT2D eigenvalue weighted by Crippen LogP contribution is -2.32. The molecule has 0 bridgehead atoms. The van der Waals surface area contributed by atoms with Gasteiger partial charge in [-0.2, -0.15) is 0 Å². The van der Waals surface area contributed by atoms with E-state index in [-0.39, 0.29) is 12.4 Å². The van der Waals surface area contributed by atoms with E-state index in [0.29, 0.717) is 25.8 Å². The van der Waals surface area contributed by atoms with Crippen LogP contribution in [0.4, 0.5) is 0 Å². The highest BCUT2D eigenvalue weighted by Gasteiger charge is 2.24. The first-order valence-corrected chi connectivity index (χ1v) is 8.03. The predicted octanol–water partition coefficient (Wildman–Crippen LogP) is 4.01. The molecular formula is C18H26O4. The number of rotatable bonds is 9. The van der Waals surface area contributed by atoms with Gasteiger partial charge in [0.2, 0.25) is 6.29 Å². The Morgan fingerprint density at radius 2 is 2.09 bits per heavy atom. The lowest BCUT2D eigenvalue weighted by molar-refractivity contribution is -0.198. The van der Waals surface area contributed by atoms with Crippen LogP contribution in [0.3, 0.4) is 0 Å². The van der Waals surface area contributed by atoms with Gasteiger partial charge in [-0.25, -0.2) is 0 Å². The zero-order valence-corrected chi connectivity index (χ0v) is 13.3. The molecule has 0 saturated carbocycles. The first-order chi connectivity index (χ1) is 10.8. The fourth-order valence-corrected chi connectivity index (χ4v) is 2.23. The van der Waals surface area contributed by atoms with E-state index in [0.717, 1.165) is 25.7 Å². The van der Waals surface area contributed by atoms with Gasteiger partial charge in [0.25, 0.3) is 5.95 Å². The highest BCUT2D eigenvalue weighted by molar-refractivity contribution is 5.13. The largest absolute Gasteiger partial charge is 0.466 e. The first kappa shape index (κ1) is 16.8. The maximum absolute atomic E-state index is 5.87. The Balaban J connectivity index is 1.60. The number of benzene rings is 1. The molecule has 22 heavy (non-hydrogen) atoms. The standard InChI is InChI=1S/C18H26O4/c1-3-4-12-19-15(2)22-18-11-10-17(14-21-18)20-13-16-8-6-5-7-9-16/h5-9,17-18H,2-4,10-14H2,1H3/t17-,18+/m0/s1. The van der Waals surface area contributed by atoms with Gasteiger partial charge in [0.1, 0.15) is 0 Å². The average molecular weight is 306 g/mol. The number of hydrogen-bond donors (Lipinski definition) is 0. The van der Waals surface area contributed by atoms with Crippen LogP contribution >= 0.6 is 0 Å². The van der Waals surface area contributed by atoms with Crippen LogP contribution in [0.15, 0.2) is 42.9 Å². The van der Waals surface area contributed by atoms with E-state index in [1.807, 2.05) is 18.2 Å². The van der Waals surface area contributed by atoms with Crippen molar-refractivity contribution in [3.05, 3.63) is 48.4 Å². The van der Waals surface area contributed by atoms with E-state index in [4.69, 9.17) is 18.9 Å². The minimum atomic E-state index is -0.272. The summed E-state index contributed by atoms with van der Waals surface area (Å²) >= 11 is 0. The molecule has 4 heteroatoms. The molecule has 2 atom stereocenters. The SMILES string of the molecule is C=C(OCCCC)O[C@@H]1CC[C@H](OCc2ccccc2)CO1. The van der Waals surface area contributed by atoms with Crippen molar-refractivity contribution < 1.29 is 18.9 Å². The zero-order valence-electron chi connectivity index (χ0n) is 13.3. The monoisotopic (exact) mass is 306 g/mol. The third-order valence-electron chi connectivity index (χ3n) is 3.54. The highest BCUT2D eigenvalue weighted by atomic mass is 16.8. The molecule has 0 spiro atoms. The van der Waals surface area contributed by atoms with Gasteiger partial charge < -0.3 is 18.9 Å². The molecule has 1 aliphatic rings. The van der Waals surface area contributed by atoms with Crippen LogP contribution in [-0.4, -0.2) is 25.6 Å². The summed E-state index contributed by atoms with van der Waals surface area (Å²) < 4.78 is 22.5. The van der Waals surface area contributed by atoms with E-state index < -0.39 is 0 Å². The summed E-state index contributed by atoms with van der Waals surface area (Å²) in [6.07, 6.45) is 3.65. The lowest BCUT2D eigenvalue weighted by atomic mass is 10.1. The zero-order chi connectivity index (χ0) is 15.6. The maximum Gasteiger partial charge on any atom is 0.273 e. The molecule has 1 aromatic rings. The molecule has 4 nitrogen and oxygen atoms in total. The Morgan fingerprint density at radius 1 is 1.27 bits per heavy atom. The summed E-state index contributed by atoms with van der Waals surface area (Å²) in [7, 11) is 0. The van der Waals surface area contributed by atoms with Crippen LogP contribution in [-0.2, 0) is 25.6 Å². The lowest BCUT2D eigenvalue weighted by Gasteiger charge is -2.29. The van der Waals surface area contributed by atoms with Crippen LogP contribution in [0.1, 0.15) is 38.2 Å². The van der Waals surface area contributed by atoms with Crippen molar-refractivity contribution in [1.82, 2.24) is 0 Å². The van der Waals surface area contributed by atoms with Crippen LogP contribution in [0.25, 0.3) is 0 Å². The Labute approximate surface area is 133 Å². The van der Waals surface area contributed by atoms with Gasteiger partial charge in [0, 0.05) is 6.42 Å². The molecule has 0 aromatic heterocycles. The van der Waals surface area contributed by atoms with Gasteiger partial charge in [0.05, 0.1) is 25.9 Å². The summed E-state index contributed by atoms with van der Waals surface area (Å²) in [5, 5.41) is 0. The molecule has 0 amide bonds. The smallest absolute Gasteiger partial charge is 0.273 e. The van der Waals surface area contributed by atoms with Gasteiger partial charge in [-0.3, -0.25) is 0 Å². The number of hydrogen-bond acceptors (Lipinski definition) is 4. The van der Waals surface area contributed by atoms with Crippen molar-refractivity contribution >= 4 is 0 Å². The van der Waals surface area contributed by atoms with Gasteiger partial charge in [-0.15, -0.1) is 0 Å². The Morgan fingerprint density at radius 3 is 2.77 bits per heavy atom. The van der Waals surface area contributed by atoms with Gasteiger partial charge >= 0.3 is 0 Å². The Bertz CT molecular complexity index is 424. The predicted molar refractivity (Wildman–Crippen MR) is 85.1 cm³/mol. The molecule has 1 fully saturated rings. The van der Waals surface area contributed by atoms with E-state index >= 15 is 0 Å². The topological polar surface area (TPSA) is 36.9 Å². The van der Waals surface area contributed by atoms with Crippen molar-refractivity contribution in [3.63, 3.8) is 0 Å². The third-order valence-corrected chi connectivity index (χ3v) is 3.54. The van der Waals surface area contributed by atoms with Crippen molar-refractivity contribution in [1.29, 1.82) is 0 Å². The summed E-state index contributed by atoms with van der Waals surface area (Å²) in [4.78, 5) is 0. The van der Waals surface area contributed by atoms with Gasteiger partial charge in [-0.1, -0.05) is 43.7 Å². The van der Waals surface area contributed by atoms with Gasteiger partial charge in [0.15, 0.2) is 0 Å². The summed E-state index contributed by atoms with van der Waals surface area (Å²) in [5.74, 6) is 0.349. The van der Waals surface area contributed by atoms with E-state index in [1.165, 1.54) is 5.56 Å². The summed E-state index contributed by atoms with van der Waals surface area (Å²) in [5.41, 5.74) is 1.18. The molecule has 2 rings (SSSR count). The molecular weight excluding hydrogens is 280 g/mol. The molecule has 1 saturated heterocycles. The average Bonchev–Trinajstić information content (AvgIpc) is 2.55. The normalized spacial score (nSPS) is 21.3. The third kappa shape index (κ3) is 6.08. The van der Waals surface area contributed by atoms with Gasteiger partial charge in [-0.05, 0) is 25.0 Å². The Kier molecular flexibility index (Phi) is 7.26. The second-order valence-corrected chi connectivity index (χ2v) is 5.45. The minimum absolute atomic E-state index is 0.120. The Hall–Kier alpha value is -1.52. The van der Waals surface area contributed by atoms with Crippen LogP contribution < -0.4 is 0 Å². The molecule has 1 aliphatic heterocycles. The van der Waals surface area contributed by atoms with E-state index in [2.05, 4.69) is 25.6 Å². The molecule has 0 N–H and O–H groups in total. The van der Waals surface area contributed by atoms with Crippen LogP contribution in [0.5, 0.6) is 0 Å². The van der Waals surface area contributed by atoms with Crippen molar-refractivity contribution in [3.8, 4) is 0 Å². The summed E-state index contributed by atoms with van der Waals surface area (Å²) in [6.45, 7) is 7.68. The first-order valence-electron chi connectivity index (χ1n) is 8.03. The van der Waals surface area contributed by atoms with Crippen LogP contribution in [0, 0.1) is 0 Å². The number of ether oxygens (including phenoxy) is 4. The molecule has 1 heterocycles.